The van der Waals surface area contributed by atoms with Gasteiger partial charge in [0, 0.05) is 21.7 Å². The van der Waals surface area contributed by atoms with E-state index in [2.05, 4.69) is 121 Å². The second-order valence-corrected chi connectivity index (χ2v) is 8.14. The molecule has 0 unspecified atom stereocenters. The standard InChI is InChI=1S/C28H20P.3ClH.Ti/c1-5-13-21(14-6-1)25-26(22-15-7-2-8-16-22)28(24-19-11-4-12-20-24)29-27(25)23-17-9-3-10-18-23;;;;/h1-20H;3*1H;/q-1;;;;. The number of rotatable bonds is 4. The monoisotopic (exact) mass is 543 g/mol. The minimum atomic E-state index is 0. The minimum absolute atomic E-state index is 0. The molecule has 0 amide bonds. The van der Waals surface area contributed by atoms with Crippen molar-refractivity contribution in [3.63, 3.8) is 0 Å². The fourth-order valence-corrected chi connectivity index (χ4v) is 5.33. The van der Waals surface area contributed by atoms with Crippen molar-refractivity contribution < 1.29 is 21.7 Å². The third-order valence-electron chi connectivity index (χ3n) is 5.17. The molecule has 0 aliphatic heterocycles. The van der Waals surface area contributed by atoms with Gasteiger partial charge in [-0.1, -0.05) is 148 Å². The van der Waals surface area contributed by atoms with Crippen molar-refractivity contribution in [3.8, 4) is 44.0 Å². The van der Waals surface area contributed by atoms with Crippen LogP contribution in [-0.4, -0.2) is 0 Å². The Morgan fingerprint density at radius 2 is 0.848 bits per heavy atom. The molecule has 166 valence electrons. The first-order valence-corrected chi connectivity index (χ1v) is 10.7. The van der Waals surface area contributed by atoms with Crippen molar-refractivity contribution in [1.82, 2.24) is 0 Å². The summed E-state index contributed by atoms with van der Waals surface area (Å²) in [7, 11) is 1.25. The van der Waals surface area contributed by atoms with Crippen LogP contribution in [0.1, 0.15) is 0 Å². The molecule has 0 fully saturated rings. The van der Waals surface area contributed by atoms with Crippen LogP contribution in [0.15, 0.2) is 121 Å². The predicted molar refractivity (Wildman–Crippen MR) is 148 cm³/mol. The van der Waals surface area contributed by atoms with E-state index in [4.69, 9.17) is 0 Å². The van der Waals surface area contributed by atoms with Crippen molar-refractivity contribution >= 4 is 45.4 Å². The van der Waals surface area contributed by atoms with Gasteiger partial charge in [-0.3, -0.25) is 0 Å². The second-order valence-electron chi connectivity index (χ2n) is 7.02. The normalized spacial score (nSPS) is 9.70. The van der Waals surface area contributed by atoms with Crippen LogP contribution in [0.25, 0.3) is 44.0 Å². The van der Waals surface area contributed by atoms with Gasteiger partial charge < -0.3 is 0 Å². The van der Waals surface area contributed by atoms with Crippen LogP contribution in [0.5, 0.6) is 0 Å². The van der Waals surface area contributed by atoms with Crippen LogP contribution >= 0.6 is 45.4 Å². The minimum Gasteiger partial charge on any atom is -0.147 e. The van der Waals surface area contributed by atoms with E-state index in [1.807, 2.05) is 0 Å². The van der Waals surface area contributed by atoms with E-state index in [1.165, 1.54) is 52.2 Å². The van der Waals surface area contributed by atoms with E-state index in [1.54, 1.807) is 0 Å². The van der Waals surface area contributed by atoms with Gasteiger partial charge in [0.2, 0.25) is 0 Å². The molecule has 0 aliphatic rings. The Morgan fingerprint density at radius 3 is 1.33 bits per heavy atom. The molecule has 0 saturated carbocycles. The Bertz CT molecular complexity index is 1130. The average Bonchev–Trinajstić information content (AvgIpc) is 3.22. The van der Waals surface area contributed by atoms with E-state index in [0.29, 0.717) is 0 Å². The summed E-state index contributed by atoms with van der Waals surface area (Å²) < 4.78 is 0. The van der Waals surface area contributed by atoms with Gasteiger partial charge >= 0.3 is 0 Å². The molecule has 4 aromatic carbocycles. The third-order valence-corrected chi connectivity index (χ3v) is 6.58. The van der Waals surface area contributed by atoms with Crippen molar-refractivity contribution in [2.75, 3.05) is 0 Å². The van der Waals surface area contributed by atoms with Gasteiger partial charge in [0.1, 0.15) is 0 Å². The summed E-state index contributed by atoms with van der Waals surface area (Å²) in [5.41, 5.74) is 7.78. The van der Waals surface area contributed by atoms with Crippen molar-refractivity contribution in [3.05, 3.63) is 121 Å². The molecule has 5 rings (SSSR count). The second kappa shape index (κ2) is 13.8. The van der Waals surface area contributed by atoms with Gasteiger partial charge in [0.25, 0.3) is 0 Å². The van der Waals surface area contributed by atoms with Crippen LogP contribution in [0.2, 0.25) is 0 Å². The fourth-order valence-electron chi connectivity index (χ4n) is 3.84. The summed E-state index contributed by atoms with van der Waals surface area (Å²) >= 11 is 0. The van der Waals surface area contributed by atoms with Gasteiger partial charge in [0.05, 0.1) is 0 Å². The van der Waals surface area contributed by atoms with Gasteiger partial charge in [-0.2, -0.15) is 0 Å². The molecule has 0 atom stereocenters. The Hall–Kier alpha value is -1.76. The van der Waals surface area contributed by atoms with Gasteiger partial charge in [-0.25, -0.2) is 0 Å². The van der Waals surface area contributed by atoms with Crippen molar-refractivity contribution in [2.24, 2.45) is 0 Å². The molecule has 0 N–H and O–H groups in total. The largest absolute Gasteiger partial charge is 0.147 e. The molecule has 0 spiro atoms. The zero-order valence-electron chi connectivity index (χ0n) is 17.7. The van der Waals surface area contributed by atoms with E-state index in [-0.39, 0.29) is 58.9 Å². The first-order valence-electron chi connectivity index (χ1n) is 9.84. The average molecular weight is 545 g/mol. The van der Waals surface area contributed by atoms with E-state index in [9.17, 15) is 0 Å². The van der Waals surface area contributed by atoms with Crippen LogP contribution in [0.3, 0.4) is 0 Å². The Kier molecular flexibility index (Phi) is 12.3. The molecule has 33 heavy (non-hydrogen) atoms. The van der Waals surface area contributed by atoms with Crippen molar-refractivity contribution in [1.29, 1.82) is 0 Å². The van der Waals surface area contributed by atoms with Gasteiger partial charge in [-0.05, 0) is 5.56 Å². The molecule has 1 heterocycles. The van der Waals surface area contributed by atoms with Crippen molar-refractivity contribution in [2.45, 2.75) is 0 Å². The summed E-state index contributed by atoms with van der Waals surface area (Å²) in [6.45, 7) is 0. The number of benzene rings is 4. The maximum atomic E-state index is 2.23. The van der Waals surface area contributed by atoms with E-state index < -0.39 is 0 Å². The summed E-state index contributed by atoms with van der Waals surface area (Å²) in [5, 5.41) is 2.74. The molecule has 1 aromatic heterocycles. The zero-order chi connectivity index (χ0) is 19.5. The summed E-state index contributed by atoms with van der Waals surface area (Å²) in [4.78, 5) is 0. The Balaban J connectivity index is 0.00000136. The molecule has 0 nitrogen and oxygen atoms in total. The molecular weight excluding hydrogens is 522 g/mol. The van der Waals surface area contributed by atoms with E-state index >= 15 is 0 Å². The number of hydrogen-bond donors (Lipinski definition) is 0. The van der Waals surface area contributed by atoms with Crippen LogP contribution in [0.4, 0.5) is 0 Å². The summed E-state index contributed by atoms with van der Waals surface area (Å²) in [6, 6.07) is 43.2. The van der Waals surface area contributed by atoms with Gasteiger partial charge in [-0.15, -0.1) is 57.5 Å². The Labute approximate surface area is 231 Å². The fraction of sp³-hybridized carbons (Fsp3) is 0. The predicted octanol–water partition coefficient (Wildman–Crippen LogP) is 9.92. The summed E-state index contributed by atoms with van der Waals surface area (Å²) in [6.07, 6.45) is 0. The quantitative estimate of drug-likeness (QED) is 0.156. The van der Waals surface area contributed by atoms with Crippen LogP contribution in [0, 0.1) is 0 Å². The maximum absolute atomic E-state index is 2.23. The molecule has 0 aliphatic carbocycles. The van der Waals surface area contributed by atoms with Crippen LogP contribution < -0.4 is 0 Å². The van der Waals surface area contributed by atoms with Crippen LogP contribution in [-0.2, 0) is 21.7 Å². The SMILES string of the molecule is Cl.Cl.Cl.[Ti].c1ccc(-c2p[c-](-c3ccccc3)c(-c3ccccc3)c2-c2ccccc2)cc1. The molecular formula is C28H23Cl3PTi-. The molecule has 5 heteroatoms. The van der Waals surface area contributed by atoms with E-state index in [0.717, 1.165) is 0 Å². The number of hydrogen-bond acceptors (Lipinski definition) is 0. The third kappa shape index (κ3) is 6.23. The topological polar surface area (TPSA) is 0 Å². The molecule has 5 aromatic rings. The molecule has 0 bridgehead atoms. The maximum Gasteiger partial charge on any atom is 0 e. The number of halogens is 3. The molecule has 0 saturated heterocycles. The van der Waals surface area contributed by atoms with Gasteiger partial charge in [0.15, 0.2) is 0 Å². The first kappa shape index (κ1) is 29.3. The first-order chi connectivity index (χ1) is 14.4. The molecule has 0 radical (unpaired) electrons. The zero-order valence-corrected chi connectivity index (χ0v) is 22.6. The summed E-state index contributed by atoms with van der Waals surface area (Å²) in [5.74, 6) is 0. The Morgan fingerprint density at radius 1 is 0.455 bits per heavy atom. The smallest absolute Gasteiger partial charge is 0 e.